The lowest BCUT2D eigenvalue weighted by Gasteiger charge is -2.09. The summed E-state index contributed by atoms with van der Waals surface area (Å²) in [4.78, 5) is 11.3. The van der Waals surface area contributed by atoms with Gasteiger partial charge in [0.1, 0.15) is 5.75 Å². The number of ether oxygens (including phenoxy) is 1. The lowest BCUT2D eigenvalue weighted by Crippen LogP contribution is -2.03. The van der Waals surface area contributed by atoms with Crippen LogP contribution in [0.1, 0.15) is 5.56 Å². The van der Waals surface area contributed by atoms with Gasteiger partial charge < -0.3 is 15.2 Å². The number of benzene rings is 2. The highest BCUT2D eigenvalue weighted by atomic mass is 16.5. The highest BCUT2D eigenvalue weighted by Gasteiger charge is 2.10. The van der Waals surface area contributed by atoms with Gasteiger partial charge in [-0.15, -0.1) is 0 Å². The van der Waals surface area contributed by atoms with E-state index in [1.165, 1.54) is 6.20 Å². The van der Waals surface area contributed by atoms with Gasteiger partial charge in [-0.05, 0) is 17.7 Å². The van der Waals surface area contributed by atoms with Crippen molar-refractivity contribution in [1.82, 2.24) is 0 Å². The largest absolute Gasteiger partial charge is 0.495 e. The maximum Gasteiger partial charge on any atom is 0.337 e. The summed E-state index contributed by atoms with van der Waals surface area (Å²) in [7, 11) is 1.57. The zero-order valence-electron chi connectivity index (χ0n) is 11.0. The van der Waals surface area contributed by atoms with E-state index in [2.05, 4.69) is 5.32 Å². The molecule has 0 aliphatic carbocycles. The van der Waals surface area contributed by atoms with Crippen LogP contribution < -0.4 is 10.1 Å². The number of carboxylic acid groups (broad SMARTS) is 1. The molecule has 0 bridgehead atoms. The number of carbonyl (C=O) groups is 1. The molecule has 0 aliphatic heterocycles. The Bertz CT molecular complexity index is 621. The molecule has 0 saturated carbocycles. The minimum atomic E-state index is -0.987. The van der Waals surface area contributed by atoms with Gasteiger partial charge in [0.25, 0.3) is 0 Å². The second-order valence-electron chi connectivity index (χ2n) is 4.07. The van der Waals surface area contributed by atoms with Crippen LogP contribution in [0.4, 0.5) is 5.69 Å². The van der Waals surface area contributed by atoms with Crippen LogP contribution in [0.5, 0.6) is 5.75 Å². The smallest absolute Gasteiger partial charge is 0.337 e. The average Bonchev–Trinajstić information content (AvgIpc) is 2.48. The number of anilines is 1. The highest BCUT2D eigenvalue weighted by Crippen LogP contribution is 2.24. The van der Waals surface area contributed by atoms with Crippen LogP contribution in [0, 0.1) is 0 Å². The van der Waals surface area contributed by atoms with Crippen LogP contribution in [0.25, 0.3) is 5.57 Å². The van der Waals surface area contributed by atoms with E-state index in [0.717, 1.165) is 0 Å². The van der Waals surface area contributed by atoms with Crippen molar-refractivity contribution in [2.24, 2.45) is 0 Å². The van der Waals surface area contributed by atoms with Crippen molar-refractivity contribution in [3.8, 4) is 5.75 Å². The fourth-order valence-electron chi connectivity index (χ4n) is 1.80. The molecule has 0 aliphatic rings. The van der Waals surface area contributed by atoms with Crippen molar-refractivity contribution >= 4 is 17.2 Å². The Morgan fingerprint density at radius 3 is 2.40 bits per heavy atom. The number of para-hydroxylation sites is 2. The summed E-state index contributed by atoms with van der Waals surface area (Å²) in [5.41, 5.74) is 1.54. The van der Waals surface area contributed by atoms with Crippen LogP contribution in [-0.2, 0) is 4.79 Å². The first-order valence-electron chi connectivity index (χ1n) is 6.11. The zero-order chi connectivity index (χ0) is 14.4. The summed E-state index contributed by atoms with van der Waals surface area (Å²) in [6, 6.07) is 16.3. The third-order valence-corrected chi connectivity index (χ3v) is 2.79. The fourth-order valence-corrected chi connectivity index (χ4v) is 1.80. The summed E-state index contributed by atoms with van der Waals surface area (Å²) in [6.45, 7) is 0. The van der Waals surface area contributed by atoms with Gasteiger partial charge in [0.2, 0.25) is 0 Å². The predicted octanol–water partition coefficient (Wildman–Crippen LogP) is 3.23. The summed E-state index contributed by atoms with van der Waals surface area (Å²) in [6.07, 6.45) is 1.47. The summed E-state index contributed by atoms with van der Waals surface area (Å²) in [5.74, 6) is -0.333. The molecule has 2 aromatic carbocycles. The Labute approximate surface area is 117 Å². The maximum absolute atomic E-state index is 11.3. The second-order valence-corrected chi connectivity index (χ2v) is 4.07. The molecule has 0 unspecified atom stereocenters. The van der Waals surface area contributed by atoms with Crippen LogP contribution in [0.3, 0.4) is 0 Å². The monoisotopic (exact) mass is 269 g/mol. The van der Waals surface area contributed by atoms with E-state index >= 15 is 0 Å². The Morgan fingerprint density at radius 2 is 1.75 bits per heavy atom. The average molecular weight is 269 g/mol. The molecule has 102 valence electrons. The molecule has 0 atom stereocenters. The van der Waals surface area contributed by atoms with E-state index in [-0.39, 0.29) is 5.57 Å². The quantitative estimate of drug-likeness (QED) is 0.818. The number of methoxy groups -OCH3 is 1. The molecule has 2 N–H and O–H groups in total. The van der Waals surface area contributed by atoms with Gasteiger partial charge in [-0.3, -0.25) is 0 Å². The van der Waals surface area contributed by atoms with Gasteiger partial charge in [0, 0.05) is 6.20 Å². The molecule has 4 heteroatoms. The van der Waals surface area contributed by atoms with Gasteiger partial charge >= 0.3 is 5.97 Å². The van der Waals surface area contributed by atoms with Crippen molar-refractivity contribution in [1.29, 1.82) is 0 Å². The molecule has 0 heterocycles. The molecule has 20 heavy (non-hydrogen) atoms. The van der Waals surface area contributed by atoms with Crippen LogP contribution >= 0.6 is 0 Å². The molecule has 0 radical (unpaired) electrons. The fraction of sp³-hybridized carbons (Fsp3) is 0.0625. The second kappa shape index (κ2) is 6.43. The summed E-state index contributed by atoms with van der Waals surface area (Å²) >= 11 is 0. The minimum absolute atomic E-state index is 0.191. The molecule has 0 spiro atoms. The normalized spacial score (nSPS) is 10.9. The molecule has 4 nitrogen and oxygen atoms in total. The van der Waals surface area contributed by atoms with Gasteiger partial charge in [0.05, 0.1) is 18.4 Å². The van der Waals surface area contributed by atoms with Gasteiger partial charge in [-0.2, -0.15) is 0 Å². The molecule has 2 rings (SSSR count). The van der Waals surface area contributed by atoms with Crippen LogP contribution in [0.15, 0.2) is 60.8 Å². The summed E-state index contributed by atoms with van der Waals surface area (Å²) < 4.78 is 5.20. The van der Waals surface area contributed by atoms with Crippen molar-refractivity contribution < 1.29 is 14.6 Å². The SMILES string of the molecule is COc1ccccc1NC=C(C(=O)O)c1ccccc1. The lowest BCUT2D eigenvalue weighted by molar-refractivity contribution is -0.130. The van der Waals surface area contributed by atoms with Crippen molar-refractivity contribution in [2.75, 3.05) is 12.4 Å². The third kappa shape index (κ3) is 3.17. The first-order valence-corrected chi connectivity index (χ1v) is 6.11. The van der Waals surface area contributed by atoms with E-state index in [1.54, 1.807) is 37.4 Å². The predicted molar refractivity (Wildman–Crippen MR) is 78.7 cm³/mol. The molecule has 0 aromatic heterocycles. The number of rotatable bonds is 5. The Balaban J connectivity index is 2.29. The maximum atomic E-state index is 11.3. The number of nitrogens with one attached hydrogen (secondary N) is 1. The third-order valence-electron chi connectivity index (χ3n) is 2.79. The topological polar surface area (TPSA) is 58.6 Å². The van der Waals surface area contributed by atoms with E-state index < -0.39 is 5.97 Å². The van der Waals surface area contributed by atoms with Gasteiger partial charge in [-0.1, -0.05) is 42.5 Å². The molecule has 2 aromatic rings. The van der Waals surface area contributed by atoms with Crippen molar-refractivity contribution in [3.63, 3.8) is 0 Å². The van der Waals surface area contributed by atoms with Crippen molar-refractivity contribution in [2.45, 2.75) is 0 Å². The molecule has 0 fully saturated rings. The van der Waals surface area contributed by atoms with Crippen LogP contribution in [-0.4, -0.2) is 18.2 Å². The molecular weight excluding hydrogens is 254 g/mol. The first-order chi connectivity index (χ1) is 9.72. The van der Waals surface area contributed by atoms with Crippen molar-refractivity contribution in [3.05, 3.63) is 66.4 Å². The van der Waals surface area contributed by atoms with Gasteiger partial charge in [-0.25, -0.2) is 4.79 Å². The minimum Gasteiger partial charge on any atom is -0.495 e. The number of hydrogen-bond acceptors (Lipinski definition) is 3. The molecule has 0 amide bonds. The Hall–Kier alpha value is -2.75. The van der Waals surface area contributed by atoms with E-state index in [0.29, 0.717) is 17.0 Å². The van der Waals surface area contributed by atoms with E-state index in [4.69, 9.17) is 4.74 Å². The van der Waals surface area contributed by atoms with Crippen LogP contribution in [0.2, 0.25) is 0 Å². The van der Waals surface area contributed by atoms with Gasteiger partial charge in [0.15, 0.2) is 0 Å². The van der Waals surface area contributed by atoms with E-state index in [9.17, 15) is 9.90 Å². The molecular formula is C16H15NO3. The highest BCUT2D eigenvalue weighted by molar-refractivity contribution is 6.15. The standard InChI is InChI=1S/C16H15NO3/c1-20-15-10-6-5-9-14(15)17-11-13(16(18)19)12-7-3-2-4-8-12/h2-11,17H,1H3,(H,18,19). The first kappa shape index (κ1) is 13.7. The number of carboxylic acids is 1. The lowest BCUT2D eigenvalue weighted by atomic mass is 10.1. The number of hydrogen-bond donors (Lipinski definition) is 2. The summed E-state index contributed by atoms with van der Waals surface area (Å²) in [5, 5.41) is 12.3. The zero-order valence-corrected chi connectivity index (χ0v) is 11.0. The Kier molecular flexibility index (Phi) is 4.39. The van der Waals surface area contributed by atoms with E-state index in [1.807, 2.05) is 24.3 Å². The molecule has 0 saturated heterocycles. The Morgan fingerprint density at radius 1 is 1.10 bits per heavy atom. The number of aliphatic carboxylic acids is 1.